The van der Waals surface area contributed by atoms with Gasteiger partial charge in [0.2, 0.25) is 0 Å². The average Bonchev–Trinajstić information content (AvgIpc) is 2.54. The third-order valence-electron chi connectivity index (χ3n) is 3.32. The molecule has 22 heavy (non-hydrogen) atoms. The standard InChI is InChI=1S/C17H12F2N2O/c18-14-6-2-1-4-12(14)10-21-17(22)13-8-11-5-3-7-20-16(11)15(19)9-13/h1-9H,10H2,(H,21,22). The second-order valence-corrected chi connectivity index (χ2v) is 4.81. The van der Waals surface area contributed by atoms with Gasteiger partial charge in [0.25, 0.3) is 5.91 Å². The minimum atomic E-state index is -0.561. The maximum atomic E-state index is 13.9. The first kappa shape index (κ1) is 14.1. The Hall–Kier alpha value is -2.82. The van der Waals surface area contributed by atoms with Gasteiger partial charge < -0.3 is 5.32 Å². The van der Waals surface area contributed by atoms with Gasteiger partial charge in [-0.3, -0.25) is 9.78 Å². The Morgan fingerprint density at radius 2 is 1.86 bits per heavy atom. The number of nitrogens with zero attached hydrogens (tertiary/aromatic N) is 1. The molecule has 0 fully saturated rings. The van der Waals surface area contributed by atoms with Gasteiger partial charge in [-0.15, -0.1) is 0 Å². The second kappa shape index (κ2) is 5.89. The smallest absolute Gasteiger partial charge is 0.251 e. The molecule has 0 aliphatic heterocycles. The summed E-state index contributed by atoms with van der Waals surface area (Å²) >= 11 is 0. The molecular weight excluding hydrogens is 286 g/mol. The van der Waals surface area contributed by atoms with Gasteiger partial charge in [0, 0.05) is 29.3 Å². The number of halogens is 2. The van der Waals surface area contributed by atoms with Crippen LogP contribution in [0.2, 0.25) is 0 Å². The molecule has 1 amide bonds. The van der Waals surface area contributed by atoms with Crippen molar-refractivity contribution in [2.75, 3.05) is 0 Å². The van der Waals surface area contributed by atoms with Crippen LogP contribution < -0.4 is 5.32 Å². The zero-order chi connectivity index (χ0) is 15.5. The maximum Gasteiger partial charge on any atom is 0.251 e. The lowest BCUT2D eigenvalue weighted by Gasteiger charge is -2.07. The zero-order valence-electron chi connectivity index (χ0n) is 11.5. The lowest BCUT2D eigenvalue weighted by atomic mass is 10.1. The summed E-state index contributed by atoms with van der Waals surface area (Å²) in [5.74, 6) is -1.42. The summed E-state index contributed by atoms with van der Waals surface area (Å²) in [5, 5.41) is 3.12. The molecule has 3 aromatic rings. The molecule has 0 aliphatic rings. The van der Waals surface area contributed by atoms with E-state index in [9.17, 15) is 13.6 Å². The Morgan fingerprint density at radius 1 is 1.05 bits per heavy atom. The van der Waals surface area contributed by atoms with Crippen molar-refractivity contribution in [1.29, 1.82) is 0 Å². The van der Waals surface area contributed by atoms with Gasteiger partial charge in [-0.25, -0.2) is 8.78 Å². The van der Waals surface area contributed by atoms with E-state index < -0.39 is 17.5 Å². The number of nitrogens with one attached hydrogen (secondary N) is 1. The van der Waals surface area contributed by atoms with E-state index in [1.54, 1.807) is 36.4 Å². The third-order valence-corrected chi connectivity index (χ3v) is 3.32. The molecule has 0 radical (unpaired) electrons. The van der Waals surface area contributed by atoms with Crippen LogP contribution in [0.5, 0.6) is 0 Å². The van der Waals surface area contributed by atoms with Crippen LogP contribution in [0, 0.1) is 11.6 Å². The molecule has 1 heterocycles. The van der Waals surface area contributed by atoms with Crippen molar-refractivity contribution >= 4 is 16.8 Å². The minimum absolute atomic E-state index is 0.0399. The number of benzene rings is 2. The van der Waals surface area contributed by atoms with Crippen molar-refractivity contribution in [2.24, 2.45) is 0 Å². The van der Waals surface area contributed by atoms with Crippen LogP contribution in [0.1, 0.15) is 15.9 Å². The van der Waals surface area contributed by atoms with E-state index in [0.717, 1.165) is 6.07 Å². The minimum Gasteiger partial charge on any atom is -0.348 e. The van der Waals surface area contributed by atoms with Crippen LogP contribution >= 0.6 is 0 Å². The third kappa shape index (κ3) is 2.79. The van der Waals surface area contributed by atoms with Gasteiger partial charge >= 0.3 is 0 Å². The fourth-order valence-electron chi connectivity index (χ4n) is 2.20. The molecule has 0 atom stereocenters. The van der Waals surface area contributed by atoms with E-state index in [4.69, 9.17) is 0 Å². The van der Waals surface area contributed by atoms with Crippen LogP contribution in [0.4, 0.5) is 8.78 Å². The molecule has 0 spiro atoms. The van der Waals surface area contributed by atoms with Crippen LogP contribution in [0.25, 0.3) is 10.9 Å². The topological polar surface area (TPSA) is 42.0 Å². The van der Waals surface area contributed by atoms with Gasteiger partial charge in [-0.05, 0) is 24.3 Å². The molecule has 0 saturated heterocycles. The molecule has 5 heteroatoms. The largest absolute Gasteiger partial charge is 0.348 e. The van der Waals surface area contributed by atoms with Crippen molar-refractivity contribution in [3.63, 3.8) is 0 Å². The van der Waals surface area contributed by atoms with E-state index in [2.05, 4.69) is 10.3 Å². The molecule has 2 aromatic carbocycles. The summed E-state index contributed by atoms with van der Waals surface area (Å²) in [7, 11) is 0. The monoisotopic (exact) mass is 298 g/mol. The molecule has 3 rings (SSSR count). The van der Waals surface area contributed by atoms with Crippen molar-refractivity contribution in [1.82, 2.24) is 10.3 Å². The molecule has 110 valence electrons. The Bertz CT molecular complexity index is 849. The van der Waals surface area contributed by atoms with Crippen molar-refractivity contribution < 1.29 is 13.6 Å². The average molecular weight is 298 g/mol. The molecular formula is C17H12F2N2O. The molecule has 0 unspecified atom stereocenters. The number of rotatable bonds is 3. The zero-order valence-corrected chi connectivity index (χ0v) is 11.5. The number of carbonyl (C=O) groups excluding carboxylic acids is 1. The number of hydrogen-bond acceptors (Lipinski definition) is 2. The van der Waals surface area contributed by atoms with E-state index in [0.29, 0.717) is 10.9 Å². The van der Waals surface area contributed by atoms with E-state index in [1.165, 1.54) is 12.3 Å². The van der Waals surface area contributed by atoms with E-state index in [1.807, 2.05) is 0 Å². The van der Waals surface area contributed by atoms with Crippen LogP contribution in [-0.4, -0.2) is 10.9 Å². The molecule has 1 aromatic heterocycles. The summed E-state index contributed by atoms with van der Waals surface area (Å²) in [6.45, 7) is 0.0399. The number of carbonyl (C=O) groups is 1. The summed E-state index contributed by atoms with van der Waals surface area (Å²) in [4.78, 5) is 16.0. The fraction of sp³-hybridized carbons (Fsp3) is 0.0588. The van der Waals surface area contributed by atoms with E-state index >= 15 is 0 Å². The fourth-order valence-corrected chi connectivity index (χ4v) is 2.20. The first-order valence-electron chi connectivity index (χ1n) is 6.71. The molecule has 3 nitrogen and oxygen atoms in total. The van der Waals surface area contributed by atoms with Crippen LogP contribution in [0.15, 0.2) is 54.7 Å². The molecule has 1 N–H and O–H groups in total. The Balaban J connectivity index is 1.82. The van der Waals surface area contributed by atoms with Gasteiger partial charge in [0.1, 0.15) is 17.2 Å². The molecule has 0 saturated carbocycles. The summed E-state index contributed by atoms with van der Waals surface area (Å²) in [6.07, 6.45) is 1.49. The van der Waals surface area contributed by atoms with Crippen molar-refractivity contribution in [2.45, 2.75) is 6.54 Å². The highest BCUT2D eigenvalue weighted by Gasteiger charge is 2.11. The summed E-state index contributed by atoms with van der Waals surface area (Å²) in [5.41, 5.74) is 0.765. The highest BCUT2D eigenvalue weighted by Crippen LogP contribution is 2.17. The van der Waals surface area contributed by atoms with Crippen LogP contribution in [0.3, 0.4) is 0 Å². The summed E-state index contributed by atoms with van der Waals surface area (Å²) < 4.78 is 27.4. The van der Waals surface area contributed by atoms with Crippen molar-refractivity contribution in [3.05, 3.63) is 77.5 Å². The molecule has 0 aliphatic carbocycles. The van der Waals surface area contributed by atoms with Crippen molar-refractivity contribution in [3.8, 4) is 0 Å². The predicted octanol–water partition coefficient (Wildman–Crippen LogP) is 3.44. The van der Waals surface area contributed by atoms with Gasteiger partial charge in [0.15, 0.2) is 0 Å². The first-order chi connectivity index (χ1) is 10.6. The second-order valence-electron chi connectivity index (χ2n) is 4.81. The van der Waals surface area contributed by atoms with Gasteiger partial charge in [-0.1, -0.05) is 24.3 Å². The highest BCUT2D eigenvalue weighted by molar-refractivity contribution is 5.98. The lowest BCUT2D eigenvalue weighted by Crippen LogP contribution is -2.23. The Morgan fingerprint density at radius 3 is 2.68 bits per heavy atom. The van der Waals surface area contributed by atoms with Crippen LogP contribution in [-0.2, 0) is 6.54 Å². The highest BCUT2D eigenvalue weighted by atomic mass is 19.1. The SMILES string of the molecule is O=C(NCc1ccccc1F)c1cc(F)c2ncccc2c1. The Labute approximate surface area is 125 Å². The first-order valence-corrected chi connectivity index (χ1v) is 6.71. The number of pyridine rings is 1. The number of amides is 1. The summed E-state index contributed by atoms with van der Waals surface area (Å²) in [6, 6.07) is 12.2. The predicted molar refractivity (Wildman–Crippen MR) is 79.3 cm³/mol. The Kier molecular flexibility index (Phi) is 3.78. The maximum absolute atomic E-state index is 13.9. The quantitative estimate of drug-likeness (QED) is 0.805. The van der Waals surface area contributed by atoms with Gasteiger partial charge in [0.05, 0.1) is 0 Å². The number of fused-ring (bicyclic) bond motifs is 1. The number of hydrogen-bond donors (Lipinski definition) is 1. The van der Waals surface area contributed by atoms with Gasteiger partial charge in [-0.2, -0.15) is 0 Å². The lowest BCUT2D eigenvalue weighted by molar-refractivity contribution is 0.0950. The van der Waals surface area contributed by atoms with E-state index in [-0.39, 0.29) is 17.6 Å². The molecule has 0 bridgehead atoms. The number of aromatic nitrogens is 1. The normalized spacial score (nSPS) is 10.6.